The van der Waals surface area contributed by atoms with Gasteiger partial charge in [-0.25, -0.2) is 0 Å². The van der Waals surface area contributed by atoms with E-state index in [4.69, 9.17) is 0 Å². The van der Waals surface area contributed by atoms with Crippen LogP contribution in [0.15, 0.2) is 12.1 Å². The summed E-state index contributed by atoms with van der Waals surface area (Å²) in [7, 11) is 0. The Hall–Kier alpha value is -1.32. The number of rotatable bonds is 0. The lowest BCUT2D eigenvalue weighted by molar-refractivity contribution is -0.595. The van der Waals surface area contributed by atoms with Crippen molar-refractivity contribution in [3.05, 3.63) is 33.6 Å². The Morgan fingerprint density at radius 1 is 1.50 bits per heavy atom. The van der Waals surface area contributed by atoms with Gasteiger partial charge in [0, 0.05) is 13.0 Å². The highest BCUT2D eigenvalue weighted by Gasteiger charge is 2.02. The second-order valence-electron chi connectivity index (χ2n) is 2.16. The highest BCUT2D eigenvalue weighted by Crippen LogP contribution is 1.92. The molecular formula is C6H8N2O2. The van der Waals surface area contributed by atoms with Crippen LogP contribution in [0.2, 0.25) is 0 Å². The molecule has 0 spiro atoms. The molecule has 0 bridgehead atoms. The lowest BCUT2D eigenvalue weighted by Gasteiger charge is -2.02. The normalized spacial score (nSPS) is 9.80. The van der Waals surface area contributed by atoms with Crippen LogP contribution in [0.4, 0.5) is 0 Å². The van der Waals surface area contributed by atoms with Crippen molar-refractivity contribution in [2.75, 3.05) is 0 Å². The Kier molecular flexibility index (Phi) is 1.45. The maximum Gasteiger partial charge on any atom is 0.266 e. The number of nitrogens with zero attached hydrogens (tertiary/aromatic N) is 2. The van der Waals surface area contributed by atoms with Crippen molar-refractivity contribution in [2.45, 2.75) is 13.8 Å². The molecule has 54 valence electrons. The molecule has 1 heterocycles. The van der Waals surface area contributed by atoms with Crippen LogP contribution >= 0.6 is 0 Å². The average molecular weight is 140 g/mol. The standard InChI is InChI=1S/C6H8N2O2/c1-5-3-4-6(2)8(10)7(5)9/h3-4H,1-2H3. The number of hydrogen-bond acceptors (Lipinski definition) is 2. The van der Waals surface area contributed by atoms with Crippen LogP contribution in [-0.2, 0) is 0 Å². The van der Waals surface area contributed by atoms with Gasteiger partial charge in [-0.1, -0.05) is 0 Å². The molecule has 4 heteroatoms. The van der Waals surface area contributed by atoms with Crippen LogP contribution in [0.1, 0.15) is 11.4 Å². The van der Waals surface area contributed by atoms with E-state index < -0.39 is 0 Å². The first-order valence-corrected chi connectivity index (χ1v) is 2.92. The third-order valence-electron chi connectivity index (χ3n) is 1.33. The smallest absolute Gasteiger partial charge is 0.266 e. The molecular weight excluding hydrogens is 132 g/mol. The van der Waals surface area contributed by atoms with Gasteiger partial charge in [-0.15, -0.1) is 4.85 Å². The molecule has 0 aromatic carbocycles. The molecule has 1 rings (SSSR count). The molecule has 0 aliphatic carbocycles. The minimum Gasteiger partial charge on any atom is -0.755 e. The van der Waals surface area contributed by atoms with E-state index >= 15 is 0 Å². The Labute approximate surface area is 57.9 Å². The first kappa shape index (κ1) is 6.80. The lowest BCUT2D eigenvalue weighted by Crippen LogP contribution is -2.31. The summed E-state index contributed by atoms with van der Waals surface area (Å²) in [4.78, 5) is 11.1. The largest absolute Gasteiger partial charge is 0.755 e. The second-order valence-corrected chi connectivity index (χ2v) is 2.16. The zero-order valence-electron chi connectivity index (χ0n) is 5.87. The van der Waals surface area contributed by atoms with Crippen molar-refractivity contribution in [2.24, 2.45) is 0 Å². The van der Waals surface area contributed by atoms with Gasteiger partial charge in [-0.3, -0.25) is 0 Å². The van der Waals surface area contributed by atoms with Crippen molar-refractivity contribution < 1.29 is 4.54 Å². The van der Waals surface area contributed by atoms with Gasteiger partial charge in [0.05, 0.1) is 10.6 Å². The minimum atomic E-state index is 0.315. The summed E-state index contributed by atoms with van der Waals surface area (Å²) in [6.45, 7) is 3.17. The van der Waals surface area contributed by atoms with E-state index in [1.807, 2.05) is 0 Å². The van der Waals surface area contributed by atoms with Gasteiger partial charge in [0.25, 0.3) is 5.69 Å². The van der Waals surface area contributed by atoms with E-state index in [0.29, 0.717) is 20.8 Å². The topological polar surface area (TPSA) is 51.0 Å². The van der Waals surface area contributed by atoms with Crippen LogP contribution in [-0.4, -0.2) is 4.85 Å². The monoisotopic (exact) mass is 140 g/mol. The molecule has 1 aromatic rings. The molecule has 0 N–H and O–H groups in total. The Bertz CT molecular complexity index is 303. The van der Waals surface area contributed by atoms with Crippen molar-refractivity contribution in [1.82, 2.24) is 4.85 Å². The van der Waals surface area contributed by atoms with Gasteiger partial charge in [-0.05, 0) is 13.0 Å². The Balaban J connectivity index is 3.50. The molecule has 1 aromatic heterocycles. The van der Waals surface area contributed by atoms with E-state index in [9.17, 15) is 10.1 Å². The predicted octanol–water partition coefficient (Wildman–Crippen LogP) is 0.365. The molecule has 0 atom stereocenters. The highest BCUT2D eigenvalue weighted by atomic mass is 16.5. The summed E-state index contributed by atoms with van der Waals surface area (Å²) in [6.07, 6.45) is 0. The fraction of sp³-hybridized carbons (Fsp3) is 0.333. The number of hydrogen-bond donors (Lipinski definition) is 0. The molecule has 0 unspecified atom stereocenters. The summed E-state index contributed by atoms with van der Waals surface area (Å²) >= 11 is 0. The summed E-state index contributed by atoms with van der Waals surface area (Å²) in [5, 5.41) is 10.8. The first-order chi connectivity index (χ1) is 4.63. The summed E-state index contributed by atoms with van der Waals surface area (Å²) in [5.41, 5.74) is 0.807. The van der Waals surface area contributed by atoms with Gasteiger partial charge in [-0.2, -0.15) is 0 Å². The highest BCUT2D eigenvalue weighted by molar-refractivity contribution is 5.01. The molecule has 0 amide bonds. The maximum absolute atomic E-state index is 10.8. The van der Waals surface area contributed by atoms with E-state index in [1.165, 1.54) is 0 Å². The zero-order chi connectivity index (χ0) is 7.72. The summed E-state index contributed by atoms with van der Waals surface area (Å²) in [5.74, 6) is 0. The molecule has 0 aliphatic rings. The molecule has 0 fully saturated rings. The van der Waals surface area contributed by atoms with Crippen molar-refractivity contribution in [1.29, 1.82) is 0 Å². The van der Waals surface area contributed by atoms with Crippen LogP contribution in [0.25, 0.3) is 0 Å². The second kappa shape index (κ2) is 2.13. The fourth-order valence-corrected chi connectivity index (χ4v) is 0.655. The van der Waals surface area contributed by atoms with Crippen molar-refractivity contribution in [3.63, 3.8) is 0 Å². The van der Waals surface area contributed by atoms with E-state index in [0.717, 1.165) is 0 Å². The van der Waals surface area contributed by atoms with Crippen LogP contribution in [0.5, 0.6) is 0 Å². The summed E-state index contributed by atoms with van der Waals surface area (Å²) < 4.78 is 0.315. The third kappa shape index (κ3) is 0.877. The quantitative estimate of drug-likeness (QED) is 0.489. The molecule has 4 nitrogen and oxygen atoms in total. The van der Waals surface area contributed by atoms with Gasteiger partial charge >= 0.3 is 0 Å². The SMILES string of the molecule is Cc1ccc(C)[n+](=O)n1[O-]. The van der Waals surface area contributed by atoms with Crippen LogP contribution < -0.4 is 4.54 Å². The summed E-state index contributed by atoms with van der Waals surface area (Å²) in [6, 6.07) is 3.22. The van der Waals surface area contributed by atoms with Gasteiger partial charge < -0.3 is 5.21 Å². The lowest BCUT2D eigenvalue weighted by atomic mass is 10.4. The molecule has 0 radical (unpaired) electrons. The average Bonchev–Trinajstić information content (AvgIpc) is 1.93. The minimum absolute atomic E-state index is 0.315. The molecule has 0 saturated carbocycles. The molecule has 0 aliphatic heterocycles. The molecule has 10 heavy (non-hydrogen) atoms. The fourth-order valence-electron chi connectivity index (χ4n) is 0.655. The van der Waals surface area contributed by atoms with Crippen LogP contribution in [0, 0.1) is 24.0 Å². The zero-order valence-corrected chi connectivity index (χ0v) is 5.87. The third-order valence-corrected chi connectivity index (χ3v) is 1.33. The van der Waals surface area contributed by atoms with Crippen molar-refractivity contribution in [3.8, 4) is 0 Å². The van der Waals surface area contributed by atoms with Crippen LogP contribution in [0.3, 0.4) is 0 Å². The van der Waals surface area contributed by atoms with E-state index in [-0.39, 0.29) is 0 Å². The first-order valence-electron chi connectivity index (χ1n) is 2.92. The van der Waals surface area contributed by atoms with E-state index in [1.54, 1.807) is 26.0 Å². The van der Waals surface area contributed by atoms with Gasteiger partial charge in [0.1, 0.15) is 0 Å². The number of aryl methyl sites for hydroxylation is 2. The Morgan fingerprint density at radius 2 is 2.10 bits per heavy atom. The number of aromatic nitrogens is 2. The Morgan fingerprint density at radius 3 is 2.60 bits per heavy atom. The predicted molar refractivity (Wildman–Crippen MR) is 36.0 cm³/mol. The van der Waals surface area contributed by atoms with Gasteiger partial charge in [0.15, 0.2) is 4.54 Å². The van der Waals surface area contributed by atoms with Gasteiger partial charge in [0.2, 0.25) is 0 Å². The maximum atomic E-state index is 10.8. The van der Waals surface area contributed by atoms with Crippen molar-refractivity contribution >= 4 is 0 Å². The molecule has 0 saturated heterocycles. The van der Waals surface area contributed by atoms with E-state index in [2.05, 4.69) is 0 Å².